The van der Waals surface area contributed by atoms with Gasteiger partial charge in [-0.05, 0) is 0 Å². The summed E-state index contributed by atoms with van der Waals surface area (Å²) in [5.41, 5.74) is 7.20. The molecule has 13 heavy (non-hydrogen) atoms. The molecule has 0 bridgehead atoms. The zero-order valence-electron chi connectivity index (χ0n) is 7.73. The first-order valence-electron chi connectivity index (χ1n) is 4.04. The second-order valence-electron chi connectivity index (χ2n) is 2.59. The average Bonchev–Trinajstić information content (AvgIpc) is 2.50. The summed E-state index contributed by atoms with van der Waals surface area (Å²) < 4.78 is 6.76. The van der Waals surface area contributed by atoms with Crippen molar-refractivity contribution in [3.05, 3.63) is 24.0 Å². The van der Waals surface area contributed by atoms with Crippen molar-refractivity contribution in [2.75, 3.05) is 7.11 Å². The Labute approximate surface area is 77.2 Å². The lowest BCUT2D eigenvalue weighted by Crippen LogP contribution is -2.07. The van der Waals surface area contributed by atoms with E-state index in [-0.39, 0.29) is 0 Å². The van der Waals surface area contributed by atoms with Crippen molar-refractivity contribution in [2.45, 2.75) is 19.7 Å². The van der Waals surface area contributed by atoms with E-state index in [4.69, 9.17) is 10.5 Å². The van der Waals surface area contributed by atoms with Crippen LogP contribution in [-0.2, 0) is 24.4 Å². The van der Waals surface area contributed by atoms with E-state index in [1.807, 2.05) is 0 Å². The maximum absolute atomic E-state index is 5.49. The molecule has 0 aliphatic carbocycles. The predicted molar refractivity (Wildman–Crippen MR) is 48.8 cm³/mol. The van der Waals surface area contributed by atoms with Crippen LogP contribution < -0.4 is 5.73 Å². The molecule has 0 saturated heterocycles. The van der Waals surface area contributed by atoms with Crippen LogP contribution >= 0.6 is 0 Å². The third kappa shape index (κ3) is 2.13. The first-order chi connectivity index (χ1) is 6.33. The summed E-state index contributed by atoms with van der Waals surface area (Å²) in [4.78, 5) is 0. The Morgan fingerprint density at radius 2 is 2.46 bits per heavy atom. The third-order valence-electron chi connectivity index (χ3n) is 1.69. The lowest BCUT2D eigenvalue weighted by atomic mass is 10.3. The van der Waals surface area contributed by atoms with Crippen LogP contribution in [0.15, 0.2) is 12.7 Å². The maximum Gasteiger partial charge on any atom is 0.102 e. The molecule has 0 atom stereocenters. The highest BCUT2D eigenvalue weighted by molar-refractivity contribution is 5.09. The van der Waals surface area contributed by atoms with Gasteiger partial charge in [-0.2, -0.15) is 0 Å². The number of hydrogen-bond acceptors (Lipinski definition) is 4. The first kappa shape index (κ1) is 9.88. The van der Waals surface area contributed by atoms with Crippen LogP contribution in [0.2, 0.25) is 0 Å². The maximum atomic E-state index is 5.49. The van der Waals surface area contributed by atoms with Crippen LogP contribution in [0.5, 0.6) is 0 Å². The number of rotatable bonds is 5. The molecule has 0 aliphatic heterocycles. The van der Waals surface area contributed by atoms with Crippen molar-refractivity contribution < 1.29 is 4.74 Å². The summed E-state index contributed by atoms with van der Waals surface area (Å²) in [5, 5.41) is 7.86. The van der Waals surface area contributed by atoms with Gasteiger partial charge in [0.2, 0.25) is 0 Å². The van der Waals surface area contributed by atoms with Gasteiger partial charge in [0.1, 0.15) is 5.69 Å². The van der Waals surface area contributed by atoms with Crippen molar-refractivity contribution in [1.82, 2.24) is 15.0 Å². The third-order valence-corrected chi connectivity index (χ3v) is 1.69. The van der Waals surface area contributed by atoms with Crippen LogP contribution in [-0.4, -0.2) is 22.1 Å². The molecular formula is C8H14N4O. The second-order valence-corrected chi connectivity index (χ2v) is 2.59. The molecule has 0 spiro atoms. The largest absolute Gasteiger partial charge is 0.378 e. The normalized spacial score (nSPS) is 10.3. The van der Waals surface area contributed by atoms with Gasteiger partial charge in [0.05, 0.1) is 18.8 Å². The molecule has 0 fully saturated rings. The van der Waals surface area contributed by atoms with Crippen LogP contribution in [0.3, 0.4) is 0 Å². The summed E-state index contributed by atoms with van der Waals surface area (Å²) in [6.07, 6.45) is 1.76. The Bertz CT molecular complexity index is 282. The molecule has 0 saturated carbocycles. The predicted octanol–water partition coefficient (Wildman–Crippen LogP) is 0.0692. The van der Waals surface area contributed by atoms with Crippen molar-refractivity contribution in [1.29, 1.82) is 0 Å². The lowest BCUT2D eigenvalue weighted by molar-refractivity contribution is 0.176. The number of allylic oxidation sites excluding steroid dienone is 1. The molecule has 0 amide bonds. The summed E-state index contributed by atoms with van der Waals surface area (Å²) in [6, 6.07) is 0. The highest BCUT2D eigenvalue weighted by Crippen LogP contribution is 2.05. The Morgan fingerprint density at radius 1 is 1.69 bits per heavy atom. The van der Waals surface area contributed by atoms with Crippen molar-refractivity contribution >= 4 is 0 Å². The topological polar surface area (TPSA) is 66.0 Å². The van der Waals surface area contributed by atoms with Gasteiger partial charge in [0.25, 0.3) is 0 Å². The van der Waals surface area contributed by atoms with Crippen molar-refractivity contribution in [3.63, 3.8) is 0 Å². The standard InChI is InChI=1S/C8H14N4O/c1-3-4-12-8(6-13-2)7(5-9)10-11-12/h3H,1,4-6,9H2,2H3. The summed E-state index contributed by atoms with van der Waals surface area (Å²) in [7, 11) is 1.63. The molecule has 1 rings (SSSR count). The van der Waals surface area contributed by atoms with Crippen LogP contribution in [0, 0.1) is 0 Å². The fourth-order valence-electron chi connectivity index (χ4n) is 1.09. The summed E-state index contributed by atoms with van der Waals surface area (Å²) in [5.74, 6) is 0. The highest BCUT2D eigenvalue weighted by atomic mass is 16.5. The fraction of sp³-hybridized carbons (Fsp3) is 0.500. The molecule has 0 unspecified atom stereocenters. The van der Waals surface area contributed by atoms with E-state index in [2.05, 4.69) is 16.9 Å². The number of hydrogen-bond donors (Lipinski definition) is 1. The molecule has 0 aromatic carbocycles. The quantitative estimate of drug-likeness (QED) is 0.654. The van der Waals surface area contributed by atoms with E-state index in [1.165, 1.54) is 0 Å². The molecule has 1 aromatic rings. The number of aromatic nitrogens is 3. The minimum atomic E-state index is 0.385. The lowest BCUT2D eigenvalue weighted by Gasteiger charge is -2.03. The van der Waals surface area contributed by atoms with Gasteiger partial charge < -0.3 is 10.5 Å². The van der Waals surface area contributed by atoms with Gasteiger partial charge >= 0.3 is 0 Å². The average molecular weight is 182 g/mol. The molecular weight excluding hydrogens is 168 g/mol. The van der Waals surface area contributed by atoms with E-state index in [1.54, 1.807) is 17.9 Å². The van der Waals surface area contributed by atoms with Gasteiger partial charge in [-0.3, -0.25) is 0 Å². The summed E-state index contributed by atoms with van der Waals surface area (Å²) in [6.45, 7) is 5.13. The monoisotopic (exact) mass is 182 g/mol. The van der Waals surface area contributed by atoms with Gasteiger partial charge in [0, 0.05) is 13.7 Å². The van der Waals surface area contributed by atoms with Gasteiger partial charge in [-0.1, -0.05) is 11.3 Å². The molecule has 2 N–H and O–H groups in total. The van der Waals surface area contributed by atoms with E-state index in [0.29, 0.717) is 19.7 Å². The molecule has 0 radical (unpaired) electrons. The number of ether oxygens (including phenoxy) is 1. The molecule has 1 aromatic heterocycles. The van der Waals surface area contributed by atoms with Crippen LogP contribution in [0.1, 0.15) is 11.4 Å². The molecule has 1 heterocycles. The van der Waals surface area contributed by atoms with Gasteiger partial charge in [0.15, 0.2) is 0 Å². The Kier molecular flexibility index (Phi) is 3.60. The SMILES string of the molecule is C=CCn1nnc(CN)c1COC. The minimum Gasteiger partial charge on any atom is -0.378 e. The first-order valence-corrected chi connectivity index (χ1v) is 4.04. The Hall–Kier alpha value is -1.20. The van der Waals surface area contributed by atoms with Crippen LogP contribution in [0.4, 0.5) is 0 Å². The molecule has 5 heteroatoms. The highest BCUT2D eigenvalue weighted by Gasteiger charge is 2.09. The molecule has 0 aliphatic rings. The summed E-state index contributed by atoms with van der Waals surface area (Å²) >= 11 is 0. The Balaban J connectivity index is 2.91. The van der Waals surface area contributed by atoms with E-state index in [0.717, 1.165) is 11.4 Å². The zero-order chi connectivity index (χ0) is 9.68. The van der Waals surface area contributed by atoms with Gasteiger partial charge in [-0.15, -0.1) is 11.7 Å². The van der Waals surface area contributed by atoms with Crippen LogP contribution in [0.25, 0.3) is 0 Å². The van der Waals surface area contributed by atoms with Crippen molar-refractivity contribution in [3.8, 4) is 0 Å². The molecule has 5 nitrogen and oxygen atoms in total. The van der Waals surface area contributed by atoms with E-state index in [9.17, 15) is 0 Å². The smallest absolute Gasteiger partial charge is 0.102 e. The number of methoxy groups -OCH3 is 1. The molecule has 72 valence electrons. The fourth-order valence-corrected chi connectivity index (χ4v) is 1.09. The number of nitrogens with zero attached hydrogens (tertiary/aromatic N) is 3. The number of nitrogens with two attached hydrogens (primary N) is 1. The van der Waals surface area contributed by atoms with Gasteiger partial charge in [-0.25, -0.2) is 4.68 Å². The minimum absolute atomic E-state index is 0.385. The van der Waals surface area contributed by atoms with E-state index >= 15 is 0 Å². The van der Waals surface area contributed by atoms with E-state index < -0.39 is 0 Å². The second kappa shape index (κ2) is 4.74. The van der Waals surface area contributed by atoms with Crippen molar-refractivity contribution in [2.24, 2.45) is 5.73 Å². The zero-order valence-corrected chi connectivity index (χ0v) is 7.73. The Morgan fingerprint density at radius 3 is 3.00 bits per heavy atom.